The van der Waals surface area contributed by atoms with E-state index in [0.29, 0.717) is 10.9 Å². The van der Waals surface area contributed by atoms with E-state index in [1.165, 1.54) is 0 Å². The first-order valence-electron chi connectivity index (χ1n) is 3.53. The maximum absolute atomic E-state index is 5.86. The maximum atomic E-state index is 5.86. The zero-order valence-corrected chi connectivity index (χ0v) is 7.69. The average molecular weight is 201 g/mol. The summed E-state index contributed by atoms with van der Waals surface area (Å²) in [5.74, 6) is 0.421. The van der Waals surface area contributed by atoms with Gasteiger partial charge in [-0.05, 0) is 18.2 Å². The van der Waals surface area contributed by atoms with Crippen LogP contribution in [0.5, 0.6) is 0 Å². The average Bonchev–Trinajstić information content (AvgIpc) is 2.50. The number of halogens is 2. The van der Waals surface area contributed by atoms with E-state index >= 15 is 0 Å². The highest BCUT2D eigenvalue weighted by Crippen LogP contribution is 2.25. The predicted octanol–water partition coefficient (Wildman–Crippen LogP) is 3.83. The molecule has 0 N–H and O–H groups in total. The van der Waals surface area contributed by atoms with Gasteiger partial charge in [-0.3, -0.25) is 0 Å². The Balaban J connectivity index is 2.80. The van der Waals surface area contributed by atoms with Crippen LogP contribution in [0.25, 0.3) is 11.0 Å². The molecule has 2 rings (SSSR count). The third kappa shape index (κ3) is 1.19. The third-order valence-electron chi connectivity index (χ3n) is 1.74. The van der Waals surface area contributed by atoms with Crippen LogP contribution in [0.3, 0.4) is 0 Å². The standard InChI is InChI=1S/C9H6Cl2O/c10-5-7-4-8(11)3-6-1-2-12-9(6)7/h1-4H,5H2. The molecule has 0 unspecified atom stereocenters. The Morgan fingerprint density at radius 2 is 2.17 bits per heavy atom. The summed E-state index contributed by atoms with van der Waals surface area (Å²) in [7, 11) is 0. The van der Waals surface area contributed by atoms with Crippen molar-refractivity contribution in [1.82, 2.24) is 0 Å². The number of fused-ring (bicyclic) bond motifs is 1. The fourth-order valence-electron chi connectivity index (χ4n) is 1.22. The van der Waals surface area contributed by atoms with Gasteiger partial charge in [0.15, 0.2) is 0 Å². The maximum Gasteiger partial charge on any atom is 0.138 e. The molecule has 0 fully saturated rings. The summed E-state index contributed by atoms with van der Waals surface area (Å²) in [5.41, 5.74) is 1.76. The Bertz CT molecular complexity index is 406. The van der Waals surface area contributed by atoms with Crippen molar-refractivity contribution in [2.45, 2.75) is 5.88 Å². The Morgan fingerprint density at radius 1 is 1.33 bits per heavy atom. The molecule has 0 saturated heterocycles. The minimum atomic E-state index is 0.421. The van der Waals surface area contributed by atoms with Crippen molar-refractivity contribution < 1.29 is 4.42 Å². The molecule has 0 spiro atoms. The molecular weight excluding hydrogens is 195 g/mol. The second-order valence-corrected chi connectivity index (χ2v) is 3.24. The SMILES string of the molecule is ClCc1cc(Cl)cc2ccoc12. The molecule has 0 radical (unpaired) electrons. The van der Waals surface area contributed by atoms with Crippen LogP contribution in [0.1, 0.15) is 5.56 Å². The van der Waals surface area contributed by atoms with Gasteiger partial charge in [-0.15, -0.1) is 11.6 Å². The molecule has 0 aliphatic heterocycles. The van der Waals surface area contributed by atoms with Crippen LogP contribution in [0.4, 0.5) is 0 Å². The minimum Gasteiger partial charge on any atom is -0.464 e. The highest BCUT2D eigenvalue weighted by molar-refractivity contribution is 6.31. The molecule has 0 saturated carbocycles. The van der Waals surface area contributed by atoms with E-state index in [-0.39, 0.29) is 0 Å². The first kappa shape index (κ1) is 7.96. The van der Waals surface area contributed by atoms with Crippen LogP contribution in [0.15, 0.2) is 28.9 Å². The number of hydrogen-bond acceptors (Lipinski definition) is 1. The highest BCUT2D eigenvalue weighted by atomic mass is 35.5. The monoisotopic (exact) mass is 200 g/mol. The van der Waals surface area contributed by atoms with Gasteiger partial charge in [0, 0.05) is 16.0 Å². The number of rotatable bonds is 1. The Kier molecular flexibility index (Phi) is 1.99. The molecule has 0 aliphatic carbocycles. The summed E-state index contributed by atoms with van der Waals surface area (Å²) in [6.45, 7) is 0. The molecule has 1 aromatic carbocycles. The number of furan rings is 1. The number of benzene rings is 1. The van der Waals surface area contributed by atoms with Crippen molar-refractivity contribution in [2.24, 2.45) is 0 Å². The Morgan fingerprint density at radius 3 is 2.92 bits per heavy atom. The zero-order chi connectivity index (χ0) is 8.55. The van der Waals surface area contributed by atoms with Crippen LogP contribution < -0.4 is 0 Å². The summed E-state index contributed by atoms with van der Waals surface area (Å²) < 4.78 is 5.25. The summed E-state index contributed by atoms with van der Waals surface area (Å²) in [4.78, 5) is 0. The van der Waals surface area contributed by atoms with E-state index < -0.39 is 0 Å². The number of alkyl halides is 1. The lowest BCUT2D eigenvalue weighted by molar-refractivity contribution is 0.613. The van der Waals surface area contributed by atoms with Gasteiger partial charge in [0.25, 0.3) is 0 Å². The second-order valence-electron chi connectivity index (χ2n) is 2.54. The van der Waals surface area contributed by atoms with Gasteiger partial charge >= 0.3 is 0 Å². The van der Waals surface area contributed by atoms with E-state index in [0.717, 1.165) is 16.5 Å². The minimum absolute atomic E-state index is 0.421. The van der Waals surface area contributed by atoms with Gasteiger partial charge in [-0.2, -0.15) is 0 Å². The van der Waals surface area contributed by atoms with E-state index in [1.54, 1.807) is 6.26 Å². The molecule has 1 aromatic heterocycles. The predicted molar refractivity (Wildman–Crippen MR) is 50.8 cm³/mol. The first-order valence-corrected chi connectivity index (χ1v) is 4.44. The molecule has 0 atom stereocenters. The van der Waals surface area contributed by atoms with Crippen LogP contribution >= 0.6 is 23.2 Å². The van der Waals surface area contributed by atoms with Gasteiger partial charge < -0.3 is 4.42 Å². The van der Waals surface area contributed by atoms with Crippen LogP contribution in [-0.4, -0.2) is 0 Å². The van der Waals surface area contributed by atoms with E-state index in [2.05, 4.69) is 0 Å². The van der Waals surface area contributed by atoms with E-state index in [1.807, 2.05) is 18.2 Å². The molecule has 2 aromatic rings. The lowest BCUT2D eigenvalue weighted by atomic mass is 10.2. The van der Waals surface area contributed by atoms with Crippen molar-refractivity contribution in [3.05, 3.63) is 35.0 Å². The van der Waals surface area contributed by atoms with Crippen molar-refractivity contribution >= 4 is 34.2 Å². The summed E-state index contributed by atoms with van der Waals surface area (Å²) in [6.07, 6.45) is 1.64. The van der Waals surface area contributed by atoms with Crippen molar-refractivity contribution in [3.63, 3.8) is 0 Å². The van der Waals surface area contributed by atoms with Crippen LogP contribution in [0.2, 0.25) is 5.02 Å². The molecular formula is C9H6Cl2O. The summed E-state index contributed by atoms with van der Waals surface area (Å²) >= 11 is 11.6. The smallest absolute Gasteiger partial charge is 0.138 e. The quantitative estimate of drug-likeness (QED) is 0.639. The lowest BCUT2D eigenvalue weighted by Crippen LogP contribution is -1.78. The summed E-state index contributed by atoms with van der Waals surface area (Å²) in [6, 6.07) is 5.55. The van der Waals surface area contributed by atoms with Gasteiger partial charge in [-0.25, -0.2) is 0 Å². The van der Waals surface area contributed by atoms with Crippen molar-refractivity contribution in [3.8, 4) is 0 Å². The normalized spacial score (nSPS) is 10.8. The first-order chi connectivity index (χ1) is 5.81. The molecule has 0 bridgehead atoms. The van der Waals surface area contributed by atoms with E-state index in [9.17, 15) is 0 Å². The summed E-state index contributed by atoms with van der Waals surface area (Å²) in [5, 5.41) is 1.69. The van der Waals surface area contributed by atoms with Gasteiger partial charge in [0.1, 0.15) is 5.58 Å². The van der Waals surface area contributed by atoms with Crippen molar-refractivity contribution in [2.75, 3.05) is 0 Å². The molecule has 62 valence electrons. The van der Waals surface area contributed by atoms with E-state index in [4.69, 9.17) is 27.6 Å². The van der Waals surface area contributed by atoms with Crippen LogP contribution in [0, 0.1) is 0 Å². The molecule has 0 amide bonds. The number of hydrogen-bond donors (Lipinski definition) is 0. The van der Waals surface area contributed by atoms with Gasteiger partial charge in [0.05, 0.1) is 12.1 Å². The molecule has 1 heterocycles. The van der Waals surface area contributed by atoms with Gasteiger partial charge in [-0.1, -0.05) is 11.6 Å². The second kappa shape index (κ2) is 3.00. The molecule has 3 heteroatoms. The van der Waals surface area contributed by atoms with Crippen molar-refractivity contribution in [1.29, 1.82) is 0 Å². The largest absolute Gasteiger partial charge is 0.464 e. The highest BCUT2D eigenvalue weighted by Gasteiger charge is 2.04. The topological polar surface area (TPSA) is 13.1 Å². The Labute approximate surface area is 79.9 Å². The lowest BCUT2D eigenvalue weighted by Gasteiger charge is -1.97. The molecule has 0 aliphatic rings. The molecule has 12 heavy (non-hydrogen) atoms. The fourth-order valence-corrected chi connectivity index (χ4v) is 1.66. The third-order valence-corrected chi connectivity index (χ3v) is 2.24. The zero-order valence-electron chi connectivity index (χ0n) is 6.18. The van der Waals surface area contributed by atoms with Gasteiger partial charge in [0.2, 0.25) is 0 Å². The Hall–Kier alpha value is -0.660. The fraction of sp³-hybridized carbons (Fsp3) is 0.111. The molecule has 1 nitrogen and oxygen atoms in total. The van der Waals surface area contributed by atoms with Crippen LogP contribution in [-0.2, 0) is 5.88 Å².